The zero-order valence-corrected chi connectivity index (χ0v) is 13.0. The maximum atomic E-state index is 11.8. The van der Waals surface area contributed by atoms with E-state index in [0.717, 1.165) is 12.5 Å². The Morgan fingerprint density at radius 2 is 2.09 bits per heavy atom. The fourth-order valence-corrected chi connectivity index (χ4v) is 1.46. The third kappa shape index (κ3) is 5.21. The number of carbonyl (C=O) groups excluding carboxylic acids is 1. The summed E-state index contributed by atoms with van der Waals surface area (Å²) in [6.45, 7) is 6.13. The smallest absolute Gasteiger partial charge is 0.337 e. The van der Waals surface area contributed by atoms with Gasteiger partial charge in [0, 0.05) is 6.20 Å². The van der Waals surface area contributed by atoms with Crippen LogP contribution in [0, 0.1) is 6.92 Å². The molecule has 1 aromatic rings. The maximum absolute atomic E-state index is 11.8. The summed E-state index contributed by atoms with van der Waals surface area (Å²) in [6, 6.07) is 1.02. The summed E-state index contributed by atoms with van der Waals surface area (Å²) in [4.78, 5) is 26.7. The molecule has 0 radical (unpaired) electrons. The van der Waals surface area contributed by atoms with Gasteiger partial charge in [0.05, 0.1) is 12.6 Å². The van der Waals surface area contributed by atoms with E-state index in [0.29, 0.717) is 5.69 Å². The normalized spacial score (nSPS) is 13.4. The first-order valence-electron chi connectivity index (χ1n) is 6.75. The summed E-state index contributed by atoms with van der Waals surface area (Å²) in [5.41, 5.74) is -0.857. The SMILES string of the molecule is Cc1cnc(OC(C)C)c(NC(=O)NCC(C)(O)C(=O)O)c1. The summed E-state index contributed by atoms with van der Waals surface area (Å²) in [7, 11) is 0. The van der Waals surface area contributed by atoms with Gasteiger partial charge in [0.1, 0.15) is 5.69 Å². The molecule has 0 bridgehead atoms. The molecule has 1 rings (SSSR count). The van der Waals surface area contributed by atoms with Crippen molar-refractivity contribution >= 4 is 17.7 Å². The Hall–Kier alpha value is -2.35. The highest BCUT2D eigenvalue weighted by Crippen LogP contribution is 2.23. The van der Waals surface area contributed by atoms with Gasteiger partial charge in [-0.15, -0.1) is 0 Å². The predicted molar refractivity (Wildman–Crippen MR) is 80.0 cm³/mol. The lowest BCUT2D eigenvalue weighted by atomic mass is 10.1. The molecule has 0 saturated heterocycles. The molecule has 122 valence electrons. The molecule has 2 amide bonds. The van der Waals surface area contributed by atoms with Gasteiger partial charge < -0.3 is 25.6 Å². The first-order chi connectivity index (χ1) is 10.1. The van der Waals surface area contributed by atoms with Gasteiger partial charge in [-0.3, -0.25) is 0 Å². The Bertz CT molecular complexity index is 557. The number of hydrogen-bond donors (Lipinski definition) is 4. The summed E-state index contributed by atoms with van der Waals surface area (Å²) in [6.07, 6.45) is 1.49. The molecule has 8 heteroatoms. The van der Waals surface area contributed by atoms with E-state index in [9.17, 15) is 14.7 Å². The quantitative estimate of drug-likeness (QED) is 0.625. The third-order valence-corrected chi connectivity index (χ3v) is 2.64. The number of anilines is 1. The minimum Gasteiger partial charge on any atom is -0.479 e. The monoisotopic (exact) mass is 311 g/mol. The van der Waals surface area contributed by atoms with Crippen LogP contribution in [-0.2, 0) is 4.79 Å². The number of nitrogens with zero attached hydrogens (tertiary/aromatic N) is 1. The number of urea groups is 1. The van der Waals surface area contributed by atoms with Gasteiger partial charge >= 0.3 is 12.0 Å². The average molecular weight is 311 g/mol. The van der Waals surface area contributed by atoms with Gasteiger partial charge in [-0.1, -0.05) is 0 Å². The van der Waals surface area contributed by atoms with Gasteiger partial charge in [0.2, 0.25) is 5.88 Å². The topological polar surface area (TPSA) is 121 Å². The standard InChI is InChI=1S/C14H21N3O5/c1-8(2)22-11-10(5-9(3)6-15-11)17-13(20)16-7-14(4,21)12(18)19/h5-6,8,21H,7H2,1-4H3,(H,18,19)(H2,16,17,20). The first-order valence-corrected chi connectivity index (χ1v) is 6.75. The van der Waals surface area contributed by atoms with E-state index in [1.807, 2.05) is 20.8 Å². The van der Waals surface area contributed by atoms with Crippen LogP contribution >= 0.6 is 0 Å². The van der Waals surface area contributed by atoms with Crippen molar-refractivity contribution in [2.75, 3.05) is 11.9 Å². The Morgan fingerprint density at radius 3 is 2.64 bits per heavy atom. The second kappa shape index (κ2) is 7.08. The van der Waals surface area contributed by atoms with Crippen molar-refractivity contribution in [1.29, 1.82) is 0 Å². The van der Waals surface area contributed by atoms with Crippen LogP contribution in [0.5, 0.6) is 5.88 Å². The number of aromatic nitrogens is 1. The number of rotatable bonds is 6. The summed E-state index contributed by atoms with van der Waals surface area (Å²) in [5, 5.41) is 23.1. The molecule has 0 aliphatic rings. The van der Waals surface area contributed by atoms with Gasteiger partial charge in [-0.2, -0.15) is 0 Å². The van der Waals surface area contributed by atoms with E-state index in [2.05, 4.69) is 15.6 Å². The van der Waals surface area contributed by atoms with Crippen LogP contribution in [0.3, 0.4) is 0 Å². The molecule has 1 atom stereocenters. The first kappa shape index (κ1) is 17.7. The van der Waals surface area contributed by atoms with Crippen LogP contribution in [0.1, 0.15) is 26.3 Å². The molecule has 22 heavy (non-hydrogen) atoms. The van der Waals surface area contributed by atoms with Gasteiger partial charge in [-0.25, -0.2) is 14.6 Å². The highest BCUT2D eigenvalue weighted by Gasteiger charge is 2.30. The highest BCUT2D eigenvalue weighted by molar-refractivity contribution is 5.91. The summed E-state index contributed by atoms with van der Waals surface area (Å²) in [5.74, 6) is -1.16. The highest BCUT2D eigenvalue weighted by atomic mass is 16.5. The average Bonchev–Trinajstić information content (AvgIpc) is 2.39. The van der Waals surface area contributed by atoms with E-state index in [-0.39, 0.29) is 12.0 Å². The number of aryl methyl sites for hydroxylation is 1. The number of carboxylic acids is 1. The fraction of sp³-hybridized carbons (Fsp3) is 0.500. The number of ether oxygens (including phenoxy) is 1. The molecule has 0 saturated carbocycles. The molecular weight excluding hydrogens is 290 g/mol. The number of amides is 2. The number of pyridine rings is 1. The Balaban J connectivity index is 2.75. The van der Waals surface area contributed by atoms with Crippen molar-refractivity contribution in [1.82, 2.24) is 10.3 Å². The molecule has 1 aromatic heterocycles. The van der Waals surface area contributed by atoms with E-state index >= 15 is 0 Å². The molecule has 0 aliphatic carbocycles. The predicted octanol–water partition coefficient (Wildman–Crippen LogP) is 1.13. The summed E-state index contributed by atoms with van der Waals surface area (Å²) < 4.78 is 5.49. The van der Waals surface area contributed by atoms with Crippen molar-refractivity contribution in [3.63, 3.8) is 0 Å². The molecule has 4 N–H and O–H groups in total. The van der Waals surface area contributed by atoms with E-state index in [1.165, 1.54) is 0 Å². The maximum Gasteiger partial charge on any atom is 0.337 e. The third-order valence-electron chi connectivity index (χ3n) is 2.64. The Morgan fingerprint density at radius 1 is 1.45 bits per heavy atom. The van der Waals surface area contributed by atoms with Crippen LogP contribution in [0.15, 0.2) is 12.3 Å². The number of aliphatic hydroxyl groups is 1. The van der Waals surface area contributed by atoms with Crippen LogP contribution in [-0.4, -0.2) is 45.4 Å². The van der Waals surface area contributed by atoms with Crippen molar-refractivity contribution in [2.24, 2.45) is 0 Å². The molecule has 1 heterocycles. The zero-order valence-electron chi connectivity index (χ0n) is 13.0. The van der Waals surface area contributed by atoms with Gasteiger partial charge in [0.25, 0.3) is 0 Å². The molecule has 0 aliphatic heterocycles. The number of carbonyl (C=O) groups is 2. The molecule has 1 unspecified atom stereocenters. The number of carboxylic acid groups (broad SMARTS) is 1. The minimum absolute atomic E-state index is 0.119. The Kier molecular flexibility index (Phi) is 5.69. The van der Waals surface area contributed by atoms with E-state index < -0.39 is 24.1 Å². The Labute approximate surface area is 128 Å². The van der Waals surface area contributed by atoms with Crippen molar-refractivity contribution in [2.45, 2.75) is 39.4 Å². The summed E-state index contributed by atoms with van der Waals surface area (Å²) >= 11 is 0. The van der Waals surface area contributed by atoms with Crippen LogP contribution in [0.2, 0.25) is 0 Å². The number of aliphatic carboxylic acids is 1. The van der Waals surface area contributed by atoms with Gasteiger partial charge in [0.15, 0.2) is 5.60 Å². The lowest BCUT2D eigenvalue weighted by Crippen LogP contribution is -2.47. The minimum atomic E-state index is -2.04. The van der Waals surface area contributed by atoms with Crippen LogP contribution in [0.25, 0.3) is 0 Å². The molecule has 8 nitrogen and oxygen atoms in total. The van der Waals surface area contributed by atoms with Crippen LogP contribution in [0.4, 0.5) is 10.5 Å². The van der Waals surface area contributed by atoms with Crippen molar-refractivity contribution in [3.8, 4) is 5.88 Å². The second-order valence-electron chi connectivity index (χ2n) is 5.42. The molecule has 0 spiro atoms. The largest absolute Gasteiger partial charge is 0.479 e. The van der Waals surface area contributed by atoms with Gasteiger partial charge in [-0.05, 0) is 39.3 Å². The fourth-order valence-electron chi connectivity index (χ4n) is 1.46. The lowest BCUT2D eigenvalue weighted by Gasteiger charge is -2.19. The number of nitrogens with one attached hydrogen (secondary N) is 2. The zero-order chi connectivity index (χ0) is 16.9. The molecule has 0 fully saturated rings. The van der Waals surface area contributed by atoms with E-state index in [1.54, 1.807) is 12.3 Å². The van der Waals surface area contributed by atoms with Crippen LogP contribution < -0.4 is 15.4 Å². The van der Waals surface area contributed by atoms with E-state index in [4.69, 9.17) is 9.84 Å². The number of hydrogen-bond acceptors (Lipinski definition) is 5. The lowest BCUT2D eigenvalue weighted by molar-refractivity contribution is -0.155. The van der Waals surface area contributed by atoms with Crippen molar-refractivity contribution in [3.05, 3.63) is 17.8 Å². The second-order valence-corrected chi connectivity index (χ2v) is 5.42. The molecular formula is C14H21N3O5. The molecule has 0 aromatic carbocycles. The van der Waals surface area contributed by atoms with Crippen molar-refractivity contribution < 1.29 is 24.5 Å².